The smallest absolute Gasteiger partial charge is 0.252 e. The van der Waals surface area contributed by atoms with Crippen molar-refractivity contribution in [3.63, 3.8) is 0 Å². The van der Waals surface area contributed by atoms with Crippen LogP contribution >= 0.6 is 0 Å². The first-order chi connectivity index (χ1) is 13.1. The fourth-order valence-corrected chi connectivity index (χ4v) is 3.47. The molecule has 0 aliphatic carbocycles. The number of hydrogen-bond donors (Lipinski definition) is 2. The van der Waals surface area contributed by atoms with Crippen LogP contribution in [0.25, 0.3) is 0 Å². The maximum atomic E-state index is 12.5. The summed E-state index contributed by atoms with van der Waals surface area (Å²) in [5, 5.41) is 3.02. The van der Waals surface area contributed by atoms with Crippen molar-refractivity contribution in [2.45, 2.75) is 25.8 Å². The first-order valence-corrected chi connectivity index (χ1v) is 9.41. The second kappa shape index (κ2) is 8.86. The van der Waals surface area contributed by atoms with E-state index in [1.165, 1.54) is 25.1 Å². The quantitative estimate of drug-likeness (QED) is 0.821. The van der Waals surface area contributed by atoms with Crippen LogP contribution in [0.15, 0.2) is 47.4 Å². The normalized spacial score (nSPS) is 16.7. The zero-order valence-electron chi connectivity index (χ0n) is 15.9. The van der Waals surface area contributed by atoms with E-state index < -0.39 is 0 Å². The van der Waals surface area contributed by atoms with Gasteiger partial charge in [0.15, 0.2) is 0 Å². The van der Waals surface area contributed by atoms with Crippen LogP contribution in [0.2, 0.25) is 0 Å². The number of nitrogens with one attached hydrogen (secondary N) is 2. The first-order valence-electron chi connectivity index (χ1n) is 9.41. The van der Waals surface area contributed by atoms with Crippen molar-refractivity contribution in [2.24, 2.45) is 5.92 Å². The molecule has 27 heavy (non-hydrogen) atoms. The molecule has 3 rings (SSSR count). The summed E-state index contributed by atoms with van der Waals surface area (Å²) in [5.41, 5.74) is 1.40. The van der Waals surface area contributed by atoms with E-state index in [-0.39, 0.29) is 17.5 Å². The van der Waals surface area contributed by atoms with E-state index >= 15 is 0 Å². The van der Waals surface area contributed by atoms with E-state index in [2.05, 4.69) is 34.3 Å². The molecule has 1 aliphatic rings. The fraction of sp³-hybridized carbons (Fsp3) is 0.429. The summed E-state index contributed by atoms with van der Waals surface area (Å²) in [4.78, 5) is 28.6. The molecule has 0 bridgehead atoms. The van der Waals surface area contributed by atoms with Gasteiger partial charge in [-0.3, -0.25) is 14.5 Å². The molecule has 1 aromatic heterocycles. The van der Waals surface area contributed by atoms with Gasteiger partial charge in [-0.1, -0.05) is 19.1 Å². The number of likely N-dealkylation sites (tertiary alicyclic amines) is 1. The van der Waals surface area contributed by atoms with E-state index in [0.717, 1.165) is 30.3 Å². The fourth-order valence-electron chi connectivity index (χ4n) is 3.47. The summed E-state index contributed by atoms with van der Waals surface area (Å²) >= 11 is 0. The Morgan fingerprint density at radius 2 is 1.93 bits per heavy atom. The Morgan fingerprint density at radius 3 is 2.52 bits per heavy atom. The van der Waals surface area contributed by atoms with Gasteiger partial charge in [0.2, 0.25) is 5.56 Å². The number of methoxy groups -OCH3 is 1. The molecule has 1 fully saturated rings. The maximum Gasteiger partial charge on any atom is 0.252 e. The highest BCUT2D eigenvalue weighted by Gasteiger charge is 2.25. The summed E-state index contributed by atoms with van der Waals surface area (Å²) in [7, 11) is 1.66. The molecular weight excluding hydrogens is 342 g/mol. The summed E-state index contributed by atoms with van der Waals surface area (Å²) in [6.45, 7) is 4.84. The van der Waals surface area contributed by atoms with Crippen LogP contribution in [-0.4, -0.2) is 42.5 Å². The molecule has 0 saturated carbocycles. The third-order valence-corrected chi connectivity index (χ3v) is 5.26. The van der Waals surface area contributed by atoms with Gasteiger partial charge in [-0.05, 0) is 55.6 Å². The Bertz CT molecular complexity index is 788. The van der Waals surface area contributed by atoms with Crippen molar-refractivity contribution < 1.29 is 9.53 Å². The van der Waals surface area contributed by atoms with Crippen LogP contribution in [0.3, 0.4) is 0 Å². The zero-order valence-corrected chi connectivity index (χ0v) is 15.9. The number of pyridine rings is 1. The number of ether oxygens (including phenoxy) is 1. The predicted octanol–water partition coefficient (Wildman–Crippen LogP) is 2.59. The average Bonchev–Trinajstić information content (AvgIpc) is 2.70. The van der Waals surface area contributed by atoms with Gasteiger partial charge in [-0.25, -0.2) is 0 Å². The molecular formula is C21H27N3O3. The second-order valence-electron chi connectivity index (χ2n) is 7.16. The van der Waals surface area contributed by atoms with Crippen molar-refractivity contribution in [3.8, 4) is 5.75 Å². The zero-order chi connectivity index (χ0) is 19.2. The lowest BCUT2D eigenvalue weighted by Crippen LogP contribution is -2.42. The minimum Gasteiger partial charge on any atom is -0.497 e. The van der Waals surface area contributed by atoms with Crippen LogP contribution in [0.1, 0.15) is 41.7 Å². The number of aromatic nitrogens is 1. The number of amides is 1. The third-order valence-electron chi connectivity index (χ3n) is 5.26. The van der Waals surface area contributed by atoms with Crippen LogP contribution in [0.5, 0.6) is 5.75 Å². The van der Waals surface area contributed by atoms with E-state index in [0.29, 0.717) is 12.1 Å². The molecule has 0 spiro atoms. The SMILES string of the molecule is COc1ccc(C(CNC(=O)c2ccc(=O)[nH]c2)N2CCC(C)CC2)cc1. The highest BCUT2D eigenvalue weighted by atomic mass is 16.5. The first kappa shape index (κ1) is 19.2. The Morgan fingerprint density at radius 1 is 1.22 bits per heavy atom. The number of H-pyrrole nitrogens is 1. The Hall–Kier alpha value is -2.60. The van der Waals surface area contributed by atoms with Gasteiger partial charge in [-0.15, -0.1) is 0 Å². The Labute approximate surface area is 159 Å². The minimum atomic E-state index is -0.218. The number of rotatable bonds is 6. The molecule has 1 aromatic carbocycles. The van der Waals surface area contributed by atoms with Gasteiger partial charge in [0.25, 0.3) is 5.91 Å². The van der Waals surface area contributed by atoms with Crippen molar-refractivity contribution >= 4 is 5.91 Å². The molecule has 2 heterocycles. The van der Waals surface area contributed by atoms with E-state index in [1.807, 2.05) is 12.1 Å². The monoisotopic (exact) mass is 369 g/mol. The number of nitrogens with zero attached hydrogens (tertiary/aromatic N) is 1. The molecule has 2 N–H and O–H groups in total. The topological polar surface area (TPSA) is 74.4 Å². The highest BCUT2D eigenvalue weighted by Crippen LogP contribution is 2.27. The third kappa shape index (κ3) is 4.98. The van der Waals surface area contributed by atoms with E-state index in [4.69, 9.17) is 4.74 Å². The number of carbonyl (C=O) groups excluding carboxylic acids is 1. The molecule has 1 amide bonds. The Kier molecular flexibility index (Phi) is 6.29. The van der Waals surface area contributed by atoms with Crippen LogP contribution < -0.4 is 15.6 Å². The molecule has 6 heteroatoms. The summed E-state index contributed by atoms with van der Waals surface area (Å²) in [5.74, 6) is 1.38. The lowest BCUT2D eigenvalue weighted by atomic mass is 9.95. The van der Waals surface area contributed by atoms with Crippen LogP contribution in [0.4, 0.5) is 0 Å². The molecule has 1 atom stereocenters. The molecule has 0 radical (unpaired) electrons. The highest BCUT2D eigenvalue weighted by molar-refractivity contribution is 5.93. The van der Waals surface area contributed by atoms with Crippen molar-refractivity contribution in [3.05, 3.63) is 64.1 Å². The van der Waals surface area contributed by atoms with Gasteiger partial charge in [0.05, 0.1) is 18.7 Å². The number of carbonyl (C=O) groups is 1. The van der Waals surface area contributed by atoms with Gasteiger partial charge < -0.3 is 15.0 Å². The summed E-state index contributed by atoms with van der Waals surface area (Å²) in [6, 6.07) is 11.1. The van der Waals surface area contributed by atoms with E-state index in [1.54, 1.807) is 13.2 Å². The average molecular weight is 369 g/mol. The summed E-state index contributed by atoms with van der Waals surface area (Å²) < 4.78 is 5.26. The van der Waals surface area contributed by atoms with Crippen molar-refractivity contribution in [2.75, 3.05) is 26.7 Å². The standard InChI is InChI=1S/C21H27N3O3/c1-15-9-11-24(12-10-15)19(16-3-6-18(27-2)7-4-16)14-23-21(26)17-5-8-20(25)22-13-17/h3-8,13,15,19H,9-12,14H2,1-2H3,(H,22,25)(H,23,26). The molecule has 144 valence electrons. The number of benzene rings is 1. The van der Waals surface area contributed by atoms with Crippen molar-refractivity contribution in [1.29, 1.82) is 0 Å². The number of piperidine rings is 1. The molecule has 1 saturated heterocycles. The van der Waals surface area contributed by atoms with Gasteiger partial charge in [0.1, 0.15) is 5.75 Å². The van der Waals surface area contributed by atoms with Gasteiger partial charge in [-0.2, -0.15) is 0 Å². The lowest BCUT2D eigenvalue weighted by molar-refractivity contribution is 0.0912. The molecule has 1 unspecified atom stereocenters. The second-order valence-corrected chi connectivity index (χ2v) is 7.16. The van der Waals surface area contributed by atoms with Crippen LogP contribution in [0, 0.1) is 5.92 Å². The van der Waals surface area contributed by atoms with Crippen molar-refractivity contribution in [1.82, 2.24) is 15.2 Å². The van der Waals surface area contributed by atoms with Gasteiger partial charge in [0, 0.05) is 18.8 Å². The molecule has 1 aliphatic heterocycles. The van der Waals surface area contributed by atoms with E-state index in [9.17, 15) is 9.59 Å². The lowest BCUT2D eigenvalue weighted by Gasteiger charge is -2.37. The number of aromatic amines is 1. The largest absolute Gasteiger partial charge is 0.497 e. The maximum absolute atomic E-state index is 12.5. The van der Waals surface area contributed by atoms with Gasteiger partial charge >= 0.3 is 0 Å². The number of hydrogen-bond acceptors (Lipinski definition) is 4. The van der Waals surface area contributed by atoms with Crippen LogP contribution in [-0.2, 0) is 0 Å². The molecule has 2 aromatic rings. The molecule has 6 nitrogen and oxygen atoms in total. The minimum absolute atomic E-state index is 0.107. The predicted molar refractivity (Wildman–Crippen MR) is 105 cm³/mol. The summed E-state index contributed by atoms with van der Waals surface area (Å²) in [6.07, 6.45) is 3.78. The Balaban J connectivity index is 1.73.